The molecule has 4 rings (SSSR count). The van der Waals surface area contributed by atoms with Crippen LogP contribution in [-0.4, -0.2) is 71.1 Å². The first kappa shape index (κ1) is 19.6. The van der Waals surface area contributed by atoms with E-state index >= 15 is 0 Å². The average molecular weight is 397 g/mol. The van der Waals surface area contributed by atoms with Crippen molar-refractivity contribution >= 4 is 23.6 Å². The standard InChI is InChI=1S/C22H27N3O4/c26-19(15-25-21(28)17-7-3-4-8-18(17)22(25)29)23-13-9-16(10-14-23)20(27)24-11-5-1-2-6-12-24/h3-4,7-8,16H,1-2,5-6,9-15H2. The van der Waals surface area contributed by atoms with E-state index in [1.54, 1.807) is 29.2 Å². The van der Waals surface area contributed by atoms with Crippen LogP contribution in [0.15, 0.2) is 24.3 Å². The van der Waals surface area contributed by atoms with E-state index in [0.29, 0.717) is 37.1 Å². The number of likely N-dealkylation sites (tertiary alicyclic amines) is 2. The Hall–Kier alpha value is -2.70. The van der Waals surface area contributed by atoms with E-state index in [-0.39, 0.29) is 24.3 Å². The van der Waals surface area contributed by atoms with Crippen LogP contribution in [0.4, 0.5) is 0 Å². The summed E-state index contributed by atoms with van der Waals surface area (Å²) >= 11 is 0. The third-order valence-electron chi connectivity index (χ3n) is 6.29. The van der Waals surface area contributed by atoms with Crippen molar-refractivity contribution in [2.24, 2.45) is 5.92 Å². The highest BCUT2D eigenvalue weighted by Gasteiger charge is 2.38. The second-order valence-corrected chi connectivity index (χ2v) is 8.14. The minimum atomic E-state index is -0.412. The van der Waals surface area contributed by atoms with E-state index in [1.165, 1.54) is 12.8 Å². The van der Waals surface area contributed by atoms with Gasteiger partial charge in [-0.2, -0.15) is 0 Å². The molecule has 7 heteroatoms. The summed E-state index contributed by atoms with van der Waals surface area (Å²) in [6.45, 7) is 2.44. The molecule has 2 saturated heterocycles. The zero-order valence-corrected chi connectivity index (χ0v) is 16.6. The van der Waals surface area contributed by atoms with Gasteiger partial charge in [0, 0.05) is 32.1 Å². The van der Waals surface area contributed by atoms with Gasteiger partial charge < -0.3 is 9.80 Å². The zero-order chi connectivity index (χ0) is 20.4. The molecule has 0 N–H and O–H groups in total. The fourth-order valence-electron chi connectivity index (χ4n) is 4.54. The molecule has 3 aliphatic heterocycles. The number of hydrogen-bond acceptors (Lipinski definition) is 4. The van der Waals surface area contributed by atoms with Gasteiger partial charge in [-0.15, -0.1) is 0 Å². The Bertz CT molecular complexity index is 786. The molecule has 0 unspecified atom stereocenters. The summed E-state index contributed by atoms with van der Waals surface area (Å²) in [4.78, 5) is 55.1. The van der Waals surface area contributed by atoms with Gasteiger partial charge in [0.1, 0.15) is 6.54 Å². The predicted octanol–water partition coefficient (Wildman–Crippen LogP) is 1.92. The lowest BCUT2D eigenvalue weighted by molar-refractivity contribution is -0.140. The molecule has 0 aromatic heterocycles. The van der Waals surface area contributed by atoms with Crippen molar-refractivity contribution in [3.8, 4) is 0 Å². The largest absolute Gasteiger partial charge is 0.342 e. The molecule has 0 radical (unpaired) electrons. The van der Waals surface area contributed by atoms with E-state index in [4.69, 9.17) is 0 Å². The first-order valence-corrected chi connectivity index (χ1v) is 10.6. The molecule has 2 fully saturated rings. The summed E-state index contributed by atoms with van der Waals surface area (Å²) in [6, 6.07) is 6.64. The van der Waals surface area contributed by atoms with Crippen LogP contribution in [0.25, 0.3) is 0 Å². The number of fused-ring (bicyclic) bond motifs is 1. The van der Waals surface area contributed by atoms with Gasteiger partial charge in [0.2, 0.25) is 11.8 Å². The summed E-state index contributed by atoms with van der Waals surface area (Å²) in [6.07, 6.45) is 5.81. The van der Waals surface area contributed by atoms with Gasteiger partial charge >= 0.3 is 0 Å². The van der Waals surface area contributed by atoms with E-state index in [2.05, 4.69) is 0 Å². The summed E-state index contributed by atoms with van der Waals surface area (Å²) in [5.41, 5.74) is 0.708. The number of nitrogens with zero attached hydrogens (tertiary/aromatic N) is 3. The summed E-state index contributed by atoms with van der Waals surface area (Å²) in [5.74, 6) is -0.869. The van der Waals surface area contributed by atoms with Crippen molar-refractivity contribution in [2.75, 3.05) is 32.7 Å². The maximum absolute atomic E-state index is 12.8. The van der Waals surface area contributed by atoms with Gasteiger partial charge in [0.25, 0.3) is 11.8 Å². The van der Waals surface area contributed by atoms with Crippen molar-refractivity contribution in [1.29, 1.82) is 0 Å². The summed E-state index contributed by atoms with van der Waals surface area (Å²) in [7, 11) is 0. The van der Waals surface area contributed by atoms with Crippen molar-refractivity contribution in [1.82, 2.24) is 14.7 Å². The third-order valence-corrected chi connectivity index (χ3v) is 6.29. The monoisotopic (exact) mass is 397 g/mol. The molecule has 3 aliphatic rings. The van der Waals surface area contributed by atoms with Gasteiger partial charge in [-0.05, 0) is 37.8 Å². The number of piperidine rings is 1. The zero-order valence-electron chi connectivity index (χ0n) is 16.6. The molecule has 3 heterocycles. The predicted molar refractivity (Wildman–Crippen MR) is 106 cm³/mol. The molecule has 7 nitrogen and oxygen atoms in total. The molecule has 4 amide bonds. The Kier molecular flexibility index (Phi) is 5.65. The van der Waals surface area contributed by atoms with Gasteiger partial charge in [0.15, 0.2) is 0 Å². The Morgan fingerprint density at radius 3 is 1.90 bits per heavy atom. The SMILES string of the molecule is O=C(CN1C(=O)c2ccccc2C1=O)N1CCC(C(=O)N2CCCCCC2)CC1. The molecule has 0 aliphatic carbocycles. The highest BCUT2D eigenvalue weighted by molar-refractivity contribution is 6.22. The fourth-order valence-corrected chi connectivity index (χ4v) is 4.54. The number of rotatable bonds is 3. The Morgan fingerprint density at radius 1 is 0.793 bits per heavy atom. The van der Waals surface area contributed by atoms with Crippen LogP contribution in [0.3, 0.4) is 0 Å². The lowest BCUT2D eigenvalue weighted by Gasteiger charge is -2.34. The number of benzene rings is 1. The maximum Gasteiger partial charge on any atom is 0.262 e. The van der Waals surface area contributed by atoms with Crippen LogP contribution >= 0.6 is 0 Å². The second kappa shape index (κ2) is 8.35. The van der Waals surface area contributed by atoms with Crippen LogP contribution in [0.5, 0.6) is 0 Å². The highest BCUT2D eigenvalue weighted by Crippen LogP contribution is 2.24. The smallest absolute Gasteiger partial charge is 0.262 e. The number of imide groups is 1. The number of carbonyl (C=O) groups excluding carboxylic acids is 4. The van der Waals surface area contributed by atoms with Crippen LogP contribution in [0.1, 0.15) is 59.2 Å². The quantitative estimate of drug-likeness (QED) is 0.730. The van der Waals surface area contributed by atoms with Crippen molar-refractivity contribution in [2.45, 2.75) is 38.5 Å². The van der Waals surface area contributed by atoms with Crippen LogP contribution < -0.4 is 0 Å². The molecule has 0 spiro atoms. The fraction of sp³-hybridized carbons (Fsp3) is 0.545. The molecule has 0 atom stereocenters. The molecule has 29 heavy (non-hydrogen) atoms. The van der Waals surface area contributed by atoms with Crippen LogP contribution in [0, 0.1) is 5.92 Å². The summed E-state index contributed by atoms with van der Waals surface area (Å²) in [5, 5.41) is 0. The Morgan fingerprint density at radius 2 is 1.34 bits per heavy atom. The Balaban J connectivity index is 1.31. The highest BCUT2D eigenvalue weighted by atomic mass is 16.2. The molecular weight excluding hydrogens is 370 g/mol. The molecular formula is C22H27N3O4. The van der Waals surface area contributed by atoms with Gasteiger partial charge in [-0.25, -0.2) is 0 Å². The van der Waals surface area contributed by atoms with Crippen molar-refractivity contribution < 1.29 is 19.2 Å². The second-order valence-electron chi connectivity index (χ2n) is 8.14. The number of hydrogen-bond donors (Lipinski definition) is 0. The molecule has 154 valence electrons. The van der Waals surface area contributed by atoms with E-state index in [0.717, 1.165) is 30.8 Å². The van der Waals surface area contributed by atoms with E-state index in [9.17, 15) is 19.2 Å². The van der Waals surface area contributed by atoms with Gasteiger partial charge in [0.05, 0.1) is 11.1 Å². The number of carbonyl (C=O) groups is 4. The topological polar surface area (TPSA) is 78.0 Å². The van der Waals surface area contributed by atoms with E-state index < -0.39 is 11.8 Å². The lowest BCUT2D eigenvalue weighted by atomic mass is 9.95. The number of amides is 4. The van der Waals surface area contributed by atoms with E-state index in [1.807, 2.05) is 4.90 Å². The van der Waals surface area contributed by atoms with Gasteiger partial charge in [-0.3, -0.25) is 24.1 Å². The normalized spacial score (nSPS) is 20.6. The molecule has 1 aromatic rings. The molecule has 1 aromatic carbocycles. The first-order valence-electron chi connectivity index (χ1n) is 10.6. The molecule has 0 bridgehead atoms. The van der Waals surface area contributed by atoms with Crippen LogP contribution in [-0.2, 0) is 9.59 Å². The van der Waals surface area contributed by atoms with Crippen LogP contribution in [0.2, 0.25) is 0 Å². The van der Waals surface area contributed by atoms with Crippen molar-refractivity contribution in [3.63, 3.8) is 0 Å². The lowest BCUT2D eigenvalue weighted by Crippen LogP contribution is -2.48. The first-order chi connectivity index (χ1) is 14.1. The summed E-state index contributed by atoms with van der Waals surface area (Å²) < 4.78 is 0. The van der Waals surface area contributed by atoms with Gasteiger partial charge in [-0.1, -0.05) is 25.0 Å². The molecule has 0 saturated carbocycles. The maximum atomic E-state index is 12.8. The minimum absolute atomic E-state index is 0.0311. The Labute approximate surface area is 170 Å². The van der Waals surface area contributed by atoms with Crippen molar-refractivity contribution in [3.05, 3.63) is 35.4 Å². The third kappa shape index (κ3) is 3.91. The average Bonchev–Trinajstić information content (AvgIpc) is 2.95. The minimum Gasteiger partial charge on any atom is -0.342 e.